The van der Waals surface area contributed by atoms with E-state index in [9.17, 15) is 9.90 Å². The van der Waals surface area contributed by atoms with E-state index in [-0.39, 0.29) is 19.1 Å². The number of carbonyl (C=O) groups is 1. The van der Waals surface area contributed by atoms with Gasteiger partial charge in [-0.3, -0.25) is 9.78 Å². The lowest BCUT2D eigenvalue weighted by Crippen LogP contribution is -2.22. The van der Waals surface area contributed by atoms with Crippen LogP contribution in [0.4, 0.5) is 0 Å². The van der Waals surface area contributed by atoms with E-state index in [0.29, 0.717) is 17.9 Å². The zero-order chi connectivity index (χ0) is 15.4. The smallest absolute Gasteiger partial charge is 0.253 e. The van der Waals surface area contributed by atoms with Crippen LogP contribution in [0.15, 0.2) is 65.5 Å². The van der Waals surface area contributed by atoms with Gasteiger partial charge in [0.1, 0.15) is 11.5 Å². The number of phenols is 1. The van der Waals surface area contributed by atoms with Crippen molar-refractivity contribution in [1.29, 1.82) is 0 Å². The van der Waals surface area contributed by atoms with Crippen molar-refractivity contribution in [2.45, 2.75) is 14.0 Å². The Hall–Kier alpha value is -3.08. The molecule has 3 aromatic rings. The fraction of sp³-hybridized carbons (Fsp3) is 0.111. The van der Waals surface area contributed by atoms with Gasteiger partial charge in [0.15, 0.2) is 0 Å². The predicted molar refractivity (Wildman–Crippen MR) is 87.9 cm³/mol. The molecule has 23 heavy (non-hydrogen) atoms. The third-order valence-corrected chi connectivity index (χ3v) is 3.20. The molecule has 2 aromatic heterocycles. The highest BCUT2D eigenvalue weighted by Crippen LogP contribution is 2.21. The first-order valence-corrected chi connectivity index (χ1v) is 6.77. The summed E-state index contributed by atoms with van der Waals surface area (Å²) < 4.78 is 5.17. The minimum absolute atomic E-state index is 0. The van der Waals surface area contributed by atoms with Gasteiger partial charge in [-0.2, -0.15) is 0 Å². The molecule has 0 spiro atoms. The Morgan fingerprint density at radius 2 is 1.91 bits per heavy atom. The van der Waals surface area contributed by atoms with Gasteiger partial charge < -0.3 is 14.8 Å². The molecule has 0 unspecified atom stereocenters. The van der Waals surface area contributed by atoms with Crippen LogP contribution in [0.3, 0.4) is 0 Å². The Morgan fingerprint density at radius 3 is 2.61 bits per heavy atom. The molecule has 0 saturated carbocycles. The van der Waals surface area contributed by atoms with Gasteiger partial charge in [-0.25, -0.2) is 0 Å². The summed E-state index contributed by atoms with van der Waals surface area (Å²) in [5, 5.41) is 12.1. The minimum atomic E-state index is -0.218. The number of hydrogen-bond acceptors (Lipinski definition) is 4. The molecule has 1 amide bonds. The third-order valence-electron chi connectivity index (χ3n) is 3.20. The Kier molecular flexibility index (Phi) is 5.15. The topological polar surface area (TPSA) is 75.4 Å². The van der Waals surface area contributed by atoms with Crippen LogP contribution in [-0.4, -0.2) is 16.0 Å². The van der Waals surface area contributed by atoms with Crippen molar-refractivity contribution < 1.29 is 14.3 Å². The number of hydrogen-bond donors (Lipinski definition) is 2. The number of phenolic OH excluding ortho intramolecular Hbond substituents is 1. The maximum Gasteiger partial charge on any atom is 0.253 e. The molecule has 2 heterocycles. The molecule has 0 aliphatic rings. The summed E-state index contributed by atoms with van der Waals surface area (Å²) in [6.07, 6.45) is 4.76. The van der Waals surface area contributed by atoms with Crippen molar-refractivity contribution >= 4 is 5.91 Å². The van der Waals surface area contributed by atoms with Gasteiger partial charge >= 0.3 is 0 Å². The Bertz CT molecular complexity index is 765. The van der Waals surface area contributed by atoms with Crippen LogP contribution >= 0.6 is 0 Å². The molecule has 5 heteroatoms. The third kappa shape index (κ3) is 3.97. The van der Waals surface area contributed by atoms with Gasteiger partial charge in [-0.15, -0.1) is 0 Å². The van der Waals surface area contributed by atoms with E-state index in [4.69, 9.17) is 4.42 Å². The summed E-state index contributed by atoms with van der Waals surface area (Å²) in [6, 6.07) is 12.1. The maximum atomic E-state index is 12.1. The van der Waals surface area contributed by atoms with E-state index in [1.165, 1.54) is 6.20 Å². The number of rotatable bonds is 4. The highest BCUT2D eigenvalue weighted by molar-refractivity contribution is 5.95. The molecule has 0 aliphatic carbocycles. The second-order valence-corrected chi connectivity index (χ2v) is 4.77. The molecule has 0 atom stereocenters. The summed E-state index contributed by atoms with van der Waals surface area (Å²) in [6.45, 7) is 0.329. The summed E-state index contributed by atoms with van der Waals surface area (Å²) >= 11 is 0. The summed E-state index contributed by atoms with van der Waals surface area (Å²) in [5.74, 6) is 0.671. The monoisotopic (exact) mass is 310 g/mol. The predicted octanol–water partition coefficient (Wildman–Crippen LogP) is 3.61. The molecule has 3 rings (SSSR count). The number of amides is 1. The lowest BCUT2D eigenvalue weighted by Gasteiger charge is -2.06. The average molecular weight is 310 g/mol. The number of carbonyl (C=O) groups excluding carboxylic acids is 1. The van der Waals surface area contributed by atoms with Gasteiger partial charge in [0.05, 0.1) is 18.4 Å². The van der Waals surface area contributed by atoms with Crippen LogP contribution < -0.4 is 5.32 Å². The van der Waals surface area contributed by atoms with Crippen molar-refractivity contribution in [2.75, 3.05) is 0 Å². The largest absolute Gasteiger partial charge is 0.508 e. The molecule has 0 saturated heterocycles. The van der Waals surface area contributed by atoms with E-state index in [2.05, 4.69) is 10.3 Å². The quantitative estimate of drug-likeness (QED) is 0.772. The van der Waals surface area contributed by atoms with Crippen LogP contribution in [0, 0.1) is 0 Å². The van der Waals surface area contributed by atoms with E-state index in [1.807, 2.05) is 0 Å². The molecule has 1 aromatic carbocycles. The second kappa shape index (κ2) is 7.26. The number of nitrogens with zero attached hydrogens (tertiary/aromatic N) is 1. The van der Waals surface area contributed by atoms with Crippen molar-refractivity contribution in [3.05, 3.63) is 72.4 Å². The Balaban J connectivity index is 0.00000192. The number of benzene rings is 1. The molecule has 0 fully saturated rings. The van der Waals surface area contributed by atoms with Crippen LogP contribution in [0.1, 0.15) is 23.5 Å². The zero-order valence-corrected chi connectivity index (χ0v) is 11.7. The molecule has 5 nitrogen and oxygen atoms in total. The fourth-order valence-corrected chi connectivity index (χ4v) is 2.06. The fourth-order valence-electron chi connectivity index (χ4n) is 2.06. The first kappa shape index (κ1) is 16.3. The lowest BCUT2D eigenvalue weighted by molar-refractivity contribution is 0.0947. The molecule has 0 bridgehead atoms. The SMILES string of the molecule is C.O=C(NCc1ccco1)c1cncc(-c2ccc(O)cc2)c1. The molecule has 118 valence electrons. The van der Waals surface area contributed by atoms with Crippen molar-refractivity contribution in [2.24, 2.45) is 0 Å². The van der Waals surface area contributed by atoms with E-state index in [1.54, 1.807) is 54.9 Å². The average Bonchev–Trinajstić information content (AvgIpc) is 3.07. The van der Waals surface area contributed by atoms with Gasteiger partial charge in [0.25, 0.3) is 5.91 Å². The molecular formula is C18H18N2O3. The Morgan fingerprint density at radius 1 is 1.13 bits per heavy atom. The molecule has 2 N–H and O–H groups in total. The number of aromatic hydroxyl groups is 1. The number of aromatic nitrogens is 1. The first-order valence-electron chi connectivity index (χ1n) is 6.77. The number of pyridine rings is 1. The molecule has 0 aliphatic heterocycles. The highest BCUT2D eigenvalue weighted by Gasteiger charge is 2.08. The number of furan rings is 1. The van der Waals surface area contributed by atoms with Crippen LogP contribution in [-0.2, 0) is 6.54 Å². The van der Waals surface area contributed by atoms with Crippen LogP contribution in [0.5, 0.6) is 5.75 Å². The molecule has 0 radical (unpaired) electrons. The second-order valence-electron chi connectivity index (χ2n) is 4.77. The zero-order valence-electron chi connectivity index (χ0n) is 11.7. The van der Waals surface area contributed by atoms with Gasteiger partial charge in [-0.05, 0) is 35.9 Å². The van der Waals surface area contributed by atoms with Crippen molar-refractivity contribution in [1.82, 2.24) is 10.3 Å². The summed E-state index contributed by atoms with van der Waals surface area (Å²) in [5.41, 5.74) is 2.16. The summed E-state index contributed by atoms with van der Waals surface area (Å²) in [7, 11) is 0. The Labute approximate surface area is 134 Å². The first-order chi connectivity index (χ1) is 10.7. The lowest BCUT2D eigenvalue weighted by atomic mass is 10.1. The maximum absolute atomic E-state index is 12.1. The van der Waals surface area contributed by atoms with E-state index in [0.717, 1.165) is 11.1 Å². The van der Waals surface area contributed by atoms with E-state index < -0.39 is 0 Å². The van der Waals surface area contributed by atoms with Gasteiger partial charge in [0.2, 0.25) is 0 Å². The van der Waals surface area contributed by atoms with Gasteiger partial charge in [0, 0.05) is 18.0 Å². The van der Waals surface area contributed by atoms with Crippen molar-refractivity contribution in [3.63, 3.8) is 0 Å². The van der Waals surface area contributed by atoms with Gasteiger partial charge in [-0.1, -0.05) is 19.6 Å². The highest BCUT2D eigenvalue weighted by atomic mass is 16.3. The molecular weight excluding hydrogens is 292 g/mol. The van der Waals surface area contributed by atoms with Crippen molar-refractivity contribution in [3.8, 4) is 16.9 Å². The minimum Gasteiger partial charge on any atom is -0.508 e. The van der Waals surface area contributed by atoms with Crippen LogP contribution in [0.2, 0.25) is 0 Å². The number of nitrogens with one attached hydrogen (secondary N) is 1. The standard InChI is InChI=1S/C17H14N2O3.CH4/c20-15-5-3-12(4-6-15)13-8-14(10-18-9-13)17(21)19-11-16-2-1-7-22-16;/h1-10,20H,11H2,(H,19,21);1H4. The summed E-state index contributed by atoms with van der Waals surface area (Å²) in [4.78, 5) is 16.2. The van der Waals surface area contributed by atoms with E-state index >= 15 is 0 Å². The van der Waals surface area contributed by atoms with Crippen LogP contribution in [0.25, 0.3) is 11.1 Å². The normalized spacial score (nSPS) is 9.91.